The van der Waals surface area contributed by atoms with Gasteiger partial charge in [0.15, 0.2) is 0 Å². The van der Waals surface area contributed by atoms with E-state index in [0.717, 1.165) is 11.3 Å². The van der Waals surface area contributed by atoms with Crippen LogP contribution < -0.4 is 5.73 Å². The second-order valence-corrected chi connectivity index (χ2v) is 6.81. The van der Waals surface area contributed by atoms with Crippen LogP contribution in [-0.2, 0) is 10.3 Å². The molecule has 1 aromatic carbocycles. The number of carboxylic acids is 1. The highest BCUT2D eigenvalue weighted by atomic mass is 16.4. The van der Waals surface area contributed by atoms with E-state index >= 15 is 0 Å². The Labute approximate surface area is 131 Å². The molecule has 3 N–H and O–H groups in total. The molecule has 22 heavy (non-hydrogen) atoms. The zero-order valence-corrected chi connectivity index (χ0v) is 13.2. The van der Waals surface area contributed by atoms with E-state index in [1.54, 1.807) is 18.3 Å². The summed E-state index contributed by atoms with van der Waals surface area (Å²) in [5.74, 6) is -1.01. The van der Waals surface area contributed by atoms with Gasteiger partial charge in [0.05, 0.1) is 5.69 Å². The van der Waals surface area contributed by atoms with Crippen molar-refractivity contribution < 1.29 is 9.90 Å². The third-order valence-electron chi connectivity index (χ3n) is 3.55. The van der Waals surface area contributed by atoms with Crippen molar-refractivity contribution in [3.8, 4) is 11.3 Å². The number of carbonyl (C=O) groups is 1. The Bertz CT molecular complexity index is 645. The van der Waals surface area contributed by atoms with Gasteiger partial charge in [-0.15, -0.1) is 0 Å². The van der Waals surface area contributed by atoms with Crippen LogP contribution >= 0.6 is 0 Å². The normalized spacial score (nSPS) is 14.4. The fourth-order valence-electron chi connectivity index (χ4n) is 2.61. The Balaban J connectivity index is 2.37. The Kier molecular flexibility index (Phi) is 4.33. The summed E-state index contributed by atoms with van der Waals surface area (Å²) >= 11 is 0. The first kappa shape index (κ1) is 16.2. The average molecular weight is 298 g/mol. The molecule has 0 saturated heterocycles. The molecule has 116 valence electrons. The maximum Gasteiger partial charge on any atom is 0.328 e. The van der Waals surface area contributed by atoms with Gasteiger partial charge in [0.2, 0.25) is 0 Å². The van der Waals surface area contributed by atoms with E-state index in [1.807, 2.05) is 51.1 Å². The SMILES string of the molecule is CC(C)(C)CC(N)(C(=O)O)c1ccc(-c2ccccn2)cc1. The second kappa shape index (κ2) is 5.89. The zero-order chi connectivity index (χ0) is 16.4. The number of benzene rings is 1. The smallest absolute Gasteiger partial charge is 0.328 e. The standard InChI is InChI=1S/C18H22N2O2/c1-17(2,3)12-18(19,16(21)22)14-9-7-13(8-10-14)15-6-4-5-11-20-15/h4-11H,12,19H2,1-3H3,(H,21,22). The lowest BCUT2D eigenvalue weighted by Crippen LogP contribution is -2.47. The Morgan fingerprint density at radius 1 is 1.14 bits per heavy atom. The minimum Gasteiger partial charge on any atom is -0.480 e. The number of rotatable bonds is 4. The van der Waals surface area contributed by atoms with Crippen LogP contribution in [0.1, 0.15) is 32.8 Å². The Morgan fingerprint density at radius 2 is 1.77 bits per heavy atom. The van der Waals surface area contributed by atoms with Gasteiger partial charge in [-0.25, -0.2) is 4.79 Å². The third-order valence-corrected chi connectivity index (χ3v) is 3.55. The molecule has 1 heterocycles. The van der Waals surface area contributed by atoms with Gasteiger partial charge in [-0.05, 0) is 29.5 Å². The molecule has 0 fully saturated rings. The molecule has 0 amide bonds. The van der Waals surface area contributed by atoms with E-state index < -0.39 is 11.5 Å². The van der Waals surface area contributed by atoms with Crippen molar-refractivity contribution in [3.05, 3.63) is 54.2 Å². The van der Waals surface area contributed by atoms with Crippen LogP contribution in [0.4, 0.5) is 0 Å². The summed E-state index contributed by atoms with van der Waals surface area (Å²) in [6.45, 7) is 5.96. The van der Waals surface area contributed by atoms with E-state index in [2.05, 4.69) is 4.98 Å². The highest BCUT2D eigenvalue weighted by Gasteiger charge is 2.39. The minimum absolute atomic E-state index is 0.188. The predicted molar refractivity (Wildman–Crippen MR) is 87.2 cm³/mol. The second-order valence-electron chi connectivity index (χ2n) is 6.81. The van der Waals surface area contributed by atoms with Crippen molar-refractivity contribution in [1.82, 2.24) is 4.98 Å². The summed E-state index contributed by atoms with van der Waals surface area (Å²) in [5, 5.41) is 9.60. The van der Waals surface area contributed by atoms with Gasteiger partial charge in [-0.3, -0.25) is 4.98 Å². The predicted octanol–water partition coefficient (Wildman–Crippen LogP) is 3.42. The maximum atomic E-state index is 11.7. The van der Waals surface area contributed by atoms with Crippen LogP contribution in [0.25, 0.3) is 11.3 Å². The van der Waals surface area contributed by atoms with E-state index in [9.17, 15) is 9.90 Å². The monoisotopic (exact) mass is 298 g/mol. The zero-order valence-electron chi connectivity index (χ0n) is 13.2. The molecule has 1 aromatic heterocycles. The summed E-state index contributed by atoms with van der Waals surface area (Å²) in [6, 6.07) is 13.0. The lowest BCUT2D eigenvalue weighted by atomic mass is 9.76. The van der Waals surface area contributed by atoms with Crippen LogP contribution in [-0.4, -0.2) is 16.1 Å². The molecule has 4 nitrogen and oxygen atoms in total. The first-order chi connectivity index (χ1) is 10.2. The largest absolute Gasteiger partial charge is 0.480 e. The molecular weight excluding hydrogens is 276 g/mol. The van der Waals surface area contributed by atoms with Gasteiger partial charge in [-0.1, -0.05) is 51.1 Å². The van der Waals surface area contributed by atoms with Crippen LogP contribution in [0.3, 0.4) is 0 Å². The third kappa shape index (κ3) is 3.52. The number of carboxylic acid groups (broad SMARTS) is 1. The molecule has 0 spiro atoms. The molecule has 0 saturated carbocycles. The molecule has 0 aliphatic carbocycles. The molecule has 2 aromatic rings. The summed E-state index contributed by atoms with van der Waals surface area (Å²) in [7, 11) is 0. The Morgan fingerprint density at radius 3 is 2.23 bits per heavy atom. The van der Waals surface area contributed by atoms with Crippen molar-refractivity contribution in [1.29, 1.82) is 0 Å². The summed E-state index contributed by atoms with van der Waals surface area (Å²) < 4.78 is 0. The van der Waals surface area contributed by atoms with Crippen molar-refractivity contribution in [2.24, 2.45) is 11.1 Å². The van der Waals surface area contributed by atoms with Gasteiger partial charge in [0.1, 0.15) is 5.54 Å². The fraction of sp³-hybridized carbons (Fsp3) is 0.333. The summed E-state index contributed by atoms with van der Waals surface area (Å²) in [5.41, 5.74) is 7.04. The van der Waals surface area contributed by atoms with E-state index in [4.69, 9.17) is 5.73 Å². The van der Waals surface area contributed by atoms with Gasteiger partial charge in [0, 0.05) is 11.8 Å². The van der Waals surface area contributed by atoms with Gasteiger partial charge in [-0.2, -0.15) is 0 Å². The number of pyridine rings is 1. The van der Waals surface area contributed by atoms with E-state index in [-0.39, 0.29) is 5.41 Å². The maximum absolute atomic E-state index is 11.7. The molecule has 2 rings (SSSR count). The van der Waals surface area contributed by atoms with Crippen LogP contribution in [0.5, 0.6) is 0 Å². The van der Waals surface area contributed by atoms with Gasteiger partial charge >= 0.3 is 5.97 Å². The van der Waals surface area contributed by atoms with Crippen molar-refractivity contribution in [2.75, 3.05) is 0 Å². The lowest BCUT2D eigenvalue weighted by Gasteiger charge is -2.32. The first-order valence-electron chi connectivity index (χ1n) is 7.27. The lowest BCUT2D eigenvalue weighted by molar-refractivity contribution is -0.145. The Hall–Kier alpha value is -2.20. The van der Waals surface area contributed by atoms with Crippen molar-refractivity contribution in [2.45, 2.75) is 32.7 Å². The van der Waals surface area contributed by atoms with Crippen LogP contribution in [0.15, 0.2) is 48.7 Å². The summed E-state index contributed by atoms with van der Waals surface area (Å²) in [6.07, 6.45) is 2.09. The average Bonchev–Trinajstić information content (AvgIpc) is 2.46. The fourth-order valence-corrected chi connectivity index (χ4v) is 2.61. The molecule has 0 aliphatic rings. The molecule has 1 unspecified atom stereocenters. The molecule has 0 radical (unpaired) electrons. The highest BCUT2D eigenvalue weighted by molar-refractivity contribution is 5.81. The van der Waals surface area contributed by atoms with E-state index in [1.165, 1.54) is 0 Å². The minimum atomic E-state index is -1.39. The molecular formula is C18H22N2O2. The first-order valence-corrected chi connectivity index (χ1v) is 7.27. The molecule has 4 heteroatoms. The van der Waals surface area contributed by atoms with E-state index in [0.29, 0.717) is 12.0 Å². The van der Waals surface area contributed by atoms with Gasteiger partial charge < -0.3 is 10.8 Å². The van der Waals surface area contributed by atoms with Gasteiger partial charge in [0.25, 0.3) is 0 Å². The number of nitrogens with zero attached hydrogens (tertiary/aromatic N) is 1. The number of aromatic nitrogens is 1. The number of hydrogen-bond acceptors (Lipinski definition) is 3. The molecule has 0 aliphatic heterocycles. The number of aliphatic carboxylic acids is 1. The van der Waals surface area contributed by atoms with Crippen LogP contribution in [0, 0.1) is 5.41 Å². The molecule has 0 bridgehead atoms. The number of nitrogens with two attached hydrogens (primary N) is 1. The quantitative estimate of drug-likeness (QED) is 0.906. The van der Waals surface area contributed by atoms with Crippen molar-refractivity contribution in [3.63, 3.8) is 0 Å². The summed E-state index contributed by atoms with van der Waals surface area (Å²) in [4.78, 5) is 16.0. The highest BCUT2D eigenvalue weighted by Crippen LogP contribution is 2.34. The molecule has 1 atom stereocenters. The topological polar surface area (TPSA) is 76.2 Å². The van der Waals surface area contributed by atoms with Crippen LogP contribution in [0.2, 0.25) is 0 Å². The number of hydrogen-bond donors (Lipinski definition) is 2. The van der Waals surface area contributed by atoms with Crippen molar-refractivity contribution >= 4 is 5.97 Å².